The van der Waals surface area contributed by atoms with Crippen LogP contribution in [0, 0.1) is 27.7 Å². The van der Waals surface area contributed by atoms with Crippen LogP contribution < -0.4 is 4.72 Å². The van der Waals surface area contributed by atoms with E-state index in [0.717, 1.165) is 30.4 Å². The molecule has 0 radical (unpaired) electrons. The predicted molar refractivity (Wildman–Crippen MR) is 123 cm³/mol. The minimum Gasteiger partial charge on any atom is -0.211 e. The molecule has 31 heavy (non-hydrogen) atoms. The van der Waals surface area contributed by atoms with Crippen LogP contribution in [-0.4, -0.2) is 40.3 Å². The summed E-state index contributed by atoms with van der Waals surface area (Å²) in [5.74, 6) is 0. The largest absolute Gasteiger partial charge is 0.243 e. The first kappa shape index (κ1) is 23.9. The van der Waals surface area contributed by atoms with Gasteiger partial charge in [0.05, 0.1) is 9.79 Å². The van der Waals surface area contributed by atoms with Crippen molar-refractivity contribution in [2.24, 2.45) is 0 Å². The molecule has 3 rings (SSSR count). The van der Waals surface area contributed by atoms with Crippen LogP contribution >= 0.6 is 0 Å². The molecule has 1 saturated heterocycles. The molecule has 1 N–H and O–H groups in total. The molecule has 0 amide bonds. The van der Waals surface area contributed by atoms with Gasteiger partial charge in [-0.1, -0.05) is 41.8 Å². The molecule has 0 spiro atoms. The predicted octanol–water partition coefficient (Wildman–Crippen LogP) is 3.83. The lowest BCUT2D eigenvalue weighted by Gasteiger charge is -2.34. The van der Waals surface area contributed by atoms with E-state index in [1.807, 2.05) is 26.0 Å². The number of sulfonamides is 2. The average Bonchev–Trinajstić information content (AvgIpc) is 2.67. The number of piperidine rings is 1. The number of nitrogens with zero attached hydrogens (tertiary/aromatic N) is 1. The monoisotopic (exact) mass is 464 g/mol. The quantitative estimate of drug-likeness (QED) is 0.675. The lowest BCUT2D eigenvalue weighted by molar-refractivity contribution is 0.242. The Balaban J connectivity index is 1.73. The van der Waals surface area contributed by atoms with Crippen molar-refractivity contribution in [2.75, 3.05) is 13.1 Å². The lowest BCUT2D eigenvalue weighted by atomic mass is 10.0. The fourth-order valence-corrected chi connectivity index (χ4v) is 7.67. The van der Waals surface area contributed by atoms with E-state index in [1.54, 1.807) is 42.4 Å². The topological polar surface area (TPSA) is 83.6 Å². The molecule has 1 aliphatic heterocycles. The van der Waals surface area contributed by atoms with Crippen LogP contribution in [0.15, 0.2) is 46.2 Å². The molecular formula is C23H32N2O4S2. The standard InChI is InChI=1S/C23H32N2O4S2/c1-17-8-10-22(11-9-17)31(28,29)25-14-6-5-7-21(25)12-13-24-30(26,27)23-19(3)15-18(2)16-20(23)4/h8-11,15-16,21,24H,5-7,12-14H2,1-4H3. The van der Waals surface area contributed by atoms with Gasteiger partial charge in [-0.2, -0.15) is 4.31 Å². The molecule has 2 aromatic carbocycles. The van der Waals surface area contributed by atoms with Crippen LogP contribution in [0.3, 0.4) is 0 Å². The summed E-state index contributed by atoms with van der Waals surface area (Å²) < 4.78 is 56.5. The van der Waals surface area contributed by atoms with Crippen LogP contribution in [0.5, 0.6) is 0 Å². The molecule has 0 aliphatic carbocycles. The minimum absolute atomic E-state index is 0.194. The molecule has 0 bridgehead atoms. The van der Waals surface area contributed by atoms with Crippen molar-refractivity contribution in [3.8, 4) is 0 Å². The number of benzene rings is 2. The summed E-state index contributed by atoms with van der Waals surface area (Å²) >= 11 is 0. The second-order valence-electron chi connectivity index (χ2n) is 8.49. The zero-order chi connectivity index (χ0) is 22.8. The van der Waals surface area contributed by atoms with Crippen molar-refractivity contribution in [2.45, 2.75) is 69.2 Å². The molecule has 8 heteroatoms. The SMILES string of the molecule is Cc1ccc(S(=O)(=O)N2CCCCC2CCNS(=O)(=O)c2c(C)cc(C)cc2C)cc1. The smallest absolute Gasteiger partial charge is 0.211 e. The second-order valence-corrected chi connectivity index (χ2v) is 12.1. The molecule has 1 unspecified atom stereocenters. The summed E-state index contributed by atoms with van der Waals surface area (Å²) in [4.78, 5) is 0.599. The van der Waals surface area contributed by atoms with Gasteiger partial charge in [0, 0.05) is 19.1 Å². The number of rotatable bonds is 7. The normalized spacial score (nSPS) is 18.3. The summed E-state index contributed by atoms with van der Waals surface area (Å²) in [5.41, 5.74) is 3.45. The molecule has 1 fully saturated rings. The highest BCUT2D eigenvalue weighted by atomic mass is 32.2. The average molecular weight is 465 g/mol. The summed E-state index contributed by atoms with van der Waals surface area (Å²) in [7, 11) is -7.28. The van der Waals surface area contributed by atoms with Gasteiger partial charge in [0.1, 0.15) is 0 Å². The Morgan fingerprint density at radius 1 is 0.903 bits per heavy atom. The van der Waals surface area contributed by atoms with Crippen LogP contribution in [0.25, 0.3) is 0 Å². The van der Waals surface area contributed by atoms with Gasteiger partial charge in [0.25, 0.3) is 0 Å². The maximum absolute atomic E-state index is 13.2. The van der Waals surface area contributed by atoms with E-state index in [9.17, 15) is 16.8 Å². The third-order valence-corrected chi connectivity index (χ3v) is 9.58. The number of aryl methyl sites for hydroxylation is 4. The van der Waals surface area contributed by atoms with Crippen molar-refractivity contribution < 1.29 is 16.8 Å². The van der Waals surface area contributed by atoms with E-state index in [1.165, 1.54) is 0 Å². The molecule has 1 heterocycles. The summed E-state index contributed by atoms with van der Waals surface area (Å²) in [6.07, 6.45) is 2.92. The first-order valence-electron chi connectivity index (χ1n) is 10.7. The fraction of sp³-hybridized carbons (Fsp3) is 0.478. The highest BCUT2D eigenvalue weighted by molar-refractivity contribution is 7.89. The third-order valence-electron chi connectivity index (χ3n) is 5.84. The van der Waals surface area contributed by atoms with Crippen molar-refractivity contribution >= 4 is 20.0 Å². The summed E-state index contributed by atoms with van der Waals surface area (Å²) in [6.45, 7) is 8.11. The van der Waals surface area contributed by atoms with Gasteiger partial charge < -0.3 is 0 Å². The molecule has 0 aromatic heterocycles. The van der Waals surface area contributed by atoms with Gasteiger partial charge in [-0.05, 0) is 70.2 Å². The van der Waals surface area contributed by atoms with E-state index < -0.39 is 20.0 Å². The Hall–Kier alpha value is -1.74. The van der Waals surface area contributed by atoms with Crippen molar-refractivity contribution in [3.63, 3.8) is 0 Å². The number of hydrogen-bond donors (Lipinski definition) is 1. The Labute approximate surface area is 186 Å². The Morgan fingerprint density at radius 3 is 2.13 bits per heavy atom. The van der Waals surface area contributed by atoms with Gasteiger partial charge in [-0.3, -0.25) is 0 Å². The number of nitrogens with one attached hydrogen (secondary N) is 1. The van der Waals surface area contributed by atoms with Crippen LogP contribution in [-0.2, 0) is 20.0 Å². The van der Waals surface area contributed by atoms with E-state index >= 15 is 0 Å². The third kappa shape index (κ3) is 5.37. The second kappa shape index (κ2) is 9.40. The molecule has 1 aliphatic rings. The molecule has 6 nitrogen and oxygen atoms in total. The Bertz CT molecular complexity index is 1120. The maximum atomic E-state index is 13.2. The van der Waals surface area contributed by atoms with Gasteiger partial charge in [0.15, 0.2) is 0 Å². The van der Waals surface area contributed by atoms with Crippen LogP contribution in [0.4, 0.5) is 0 Å². The van der Waals surface area contributed by atoms with Gasteiger partial charge in [0.2, 0.25) is 20.0 Å². The first-order valence-corrected chi connectivity index (χ1v) is 13.6. The van der Waals surface area contributed by atoms with Gasteiger partial charge in [-0.25, -0.2) is 21.6 Å². The highest BCUT2D eigenvalue weighted by Crippen LogP contribution is 2.27. The molecule has 170 valence electrons. The zero-order valence-corrected chi connectivity index (χ0v) is 20.3. The van der Waals surface area contributed by atoms with Crippen molar-refractivity contribution in [1.82, 2.24) is 9.03 Å². The summed E-state index contributed by atoms with van der Waals surface area (Å²) in [5, 5.41) is 0. The van der Waals surface area contributed by atoms with E-state index in [2.05, 4.69) is 4.72 Å². The number of hydrogen-bond acceptors (Lipinski definition) is 4. The molecule has 0 saturated carbocycles. The van der Waals surface area contributed by atoms with Gasteiger partial charge >= 0.3 is 0 Å². The van der Waals surface area contributed by atoms with E-state index in [4.69, 9.17) is 0 Å². The molecule has 1 atom stereocenters. The Kier molecular flexibility index (Phi) is 7.25. The molecular weight excluding hydrogens is 432 g/mol. The van der Waals surface area contributed by atoms with Crippen LogP contribution in [0.1, 0.15) is 47.9 Å². The maximum Gasteiger partial charge on any atom is 0.243 e. The minimum atomic E-state index is -3.67. The zero-order valence-electron chi connectivity index (χ0n) is 18.7. The summed E-state index contributed by atoms with van der Waals surface area (Å²) in [6, 6.07) is 10.4. The molecule has 2 aromatic rings. The van der Waals surface area contributed by atoms with E-state index in [-0.39, 0.29) is 17.5 Å². The van der Waals surface area contributed by atoms with E-state index in [0.29, 0.717) is 29.0 Å². The van der Waals surface area contributed by atoms with Crippen molar-refractivity contribution in [3.05, 3.63) is 58.7 Å². The Morgan fingerprint density at radius 2 is 1.52 bits per heavy atom. The van der Waals surface area contributed by atoms with Gasteiger partial charge in [-0.15, -0.1) is 0 Å². The first-order chi connectivity index (χ1) is 14.5. The highest BCUT2D eigenvalue weighted by Gasteiger charge is 2.33. The lowest BCUT2D eigenvalue weighted by Crippen LogP contribution is -2.45. The van der Waals surface area contributed by atoms with Crippen LogP contribution in [0.2, 0.25) is 0 Å². The van der Waals surface area contributed by atoms with Crippen molar-refractivity contribution in [1.29, 1.82) is 0 Å². The fourth-order valence-electron chi connectivity index (χ4n) is 4.45.